The summed E-state index contributed by atoms with van der Waals surface area (Å²) in [7, 11) is 0. The van der Waals surface area contributed by atoms with E-state index in [0.717, 1.165) is 0 Å². The number of benzene rings is 2. The van der Waals surface area contributed by atoms with Gasteiger partial charge in [0.15, 0.2) is 0 Å². The first-order valence-corrected chi connectivity index (χ1v) is 9.96. The molecule has 7 heteroatoms. The molecule has 0 aromatic heterocycles. The number of para-hydroxylation sites is 1. The molecule has 2 aromatic carbocycles. The van der Waals surface area contributed by atoms with E-state index in [4.69, 9.17) is 27.9 Å². The first-order valence-electron chi connectivity index (χ1n) is 9.20. The summed E-state index contributed by atoms with van der Waals surface area (Å²) in [5, 5.41) is 0.770. The van der Waals surface area contributed by atoms with Gasteiger partial charge in [-0.3, -0.25) is 9.59 Å². The van der Waals surface area contributed by atoms with Gasteiger partial charge in [0.1, 0.15) is 0 Å². The van der Waals surface area contributed by atoms with Crippen LogP contribution in [0.1, 0.15) is 18.4 Å². The van der Waals surface area contributed by atoms with Gasteiger partial charge in [-0.1, -0.05) is 53.5 Å². The van der Waals surface area contributed by atoms with Crippen LogP contribution in [-0.4, -0.2) is 24.4 Å². The molecule has 1 aliphatic heterocycles. The summed E-state index contributed by atoms with van der Waals surface area (Å²) in [6.07, 6.45) is 1.56. The molecular weight excluding hydrogens is 413 g/mol. The maximum absolute atomic E-state index is 13.3. The predicted octanol–water partition coefficient (Wildman–Crippen LogP) is 4.39. The third kappa shape index (κ3) is 3.24. The topological polar surface area (TPSA) is 63.7 Å². The van der Waals surface area contributed by atoms with E-state index < -0.39 is 23.7 Å². The minimum atomic E-state index is -0.763. The van der Waals surface area contributed by atoms with Crippen molar-refractivity contribution >= 4 is 46.7 Å². The number of carbonyl (C=O) groups excluding carboxylic acids is 3. The molecule has 0 radical (unpaired) electrons. The monoisotopic (exact) mass is 429 g/mol. The lowest BCUT2D eigenvalue weighted by Crippen LogP contribution is -2.33. The summed E-state index contributed by atoms with van der Waals surface area (Å²) in [6, 6.07) is 13.6. The zero-order chi connectivity index (χ0) is 20.7. The van der Waals surface area contributed by atoms with Crippen molar-refractivity contribution in [2.24, 2.45) is 11.8 Å². The fourth-order valence-electron chi connectivity index (χ4n) is 4.09. The van der Waals surface area contributed by atoms with E-state index in [2.05, 4.69) is 0 Å². The van der Waals surface area contributed by atoms with Crippen LogP contribution >= 0.6 is 23.2 Å². The summed E-state index contributed by atoms with van der Waals surface area (Å²) in [6.45, 7) is 1.89. The zero-order valence-corrected chi connectivity index (χ0v) is 17.0. The van der Waals surface area contributed by atoms with Crippen molar-refractivity contribution < 1.29 is 19.1 Å². The molecule has 0 saturated carbocycles. The Labute approximate surface area is 177 Å². The van der Waals surface area contributed by atoms with E-state index in [-0.39, 0.29) is 24.0 Å². The molecule has 29 heavy (non-hydrogen) atoms. The number of ether oxygens (including phenoxy) is 1. The van der Waals surface area contributed by atoms with Gasteiger partial charge in [-0.25, -0.2) is 9.69 Å². The Morgan fingerprint density at radius 1 is 1.07 bits per heavy atom. The van der Waals surface area contributed by atoms with E-state index in [1.165, 1.54) is 4.90 Å². The van der Waals surface area contributed by atoms with Crippen LogP contribution in [0.3, 0.4) is 0 Å². The Morgan fingerprint density at radius 3 is 2.45 bits per heavy atom. The van der Waals surface area contributed by atoms with Crippen LogP contribution in [0, 0.1) is 11.8 Å². The third-order valence-corrected chi connectivity index (χ3v) is 5.84. The molecule has 1 aliphatic carbocycles. The number of hydrogen-bond donors (Lipinski definition) is 0. The highest BCUT2D eigenvalue weighted by Crippen LogP contribution is 2.51. The van der Waals surface area contributed by atoms with Gasteiger partial charge in [0.2, 0.25) is 11.8 Å². The van der Waals surface area contributed by atoms with Crippen LogP contribution in [0.25, 0.3) is 0 Å². The molecule has 0 spiro atoms. The van der Waals surface area contributed by atoms with Crippen LogP contribution in [0.15, 0.2) is 60.2 Å². The third-order valence-electron chi connectivity index (χ3n) is 5.27. The average molecular weight is 430 g/mol. The Hall–Kier alpha value is -2.63. The van der Waals surface area contributed by atoms with Gasteiger partial charge in [0.05, 0.1) is 24.1 Å². The number of amides is 2. The van der Waals surface area contributed by atoms with E-state index in [9.17, 15) is 14.4 Å². The highest BCUT2D eigenvalue weighted by atomic mass is 35.5. The highest BCUT2D eigenvalue weighted by Gasteiger charge is 2.57. The fraction of sp³-hybridized carbons (Fsp3) is 0.227. The summed E-state index contributed by atoms with van der Waals surface area (Å²) < 4.78 is 5.18. The summed E-state index contributed by atoms with van der Waals surface area (Å²) in [5.41, 5.74) is 1.35. The zero-order valence-electron chi connectivity index (χ0n) is 15.5. The Morgan fingerprint density at radius 2 is 1.79 bits per heavy atom. The van der Waals surface area contributed by atoms with Gasteiger partial charge in [0, 0.05) is 21.5 Å². The van der Waals surface area contributed by atoms with Gasteiger partial charge in [0.25, 0.3) is 0 Å². The number of hydrogen-bond acceptors (Lipinski definition) is 4. The lowest BCUT2D eigenvalue weighted by atomic mass is 9.82. The highest BCUT2D eigenvalue weighted by molar-refractivity contribution is 6.35. The first kappa shape index (κ1) is 19.7. The van der Waals surface area contributed by atoms with Gasteiger partial charge in [-0.2, -0.15) is 0 Å². The molecule has 1 heterocycles. The number of carbonyl (C=O) groups is 3. The van der Waals surface area contributed by atoms with E-state index in [0.29, 0.717) is 21.3 Å². The van der Waals surface area contributed by atoms with Crippen molar-refractivity contribution in [3.8, 4) is 0 Å². The first-order chi connectivity index (χ1) is 13.9. The van der Waals surface area contributed by atoms with Crippen LogP contribution < -0.4 is 4.90 Å². The van der Waals surface area contributed by atoms with Crippen molar-refractivity contribution in [3.05, 3.63) is 75.8 Å². The quantitative estimate of drug-likeness (QED) is 0.534. The molecule has 148 valence electrons. The maximum Gasteiger partial charge on any atom is 0.334 e. The second-order valence-electron chi connectivity index (χ2n) is 6.88. The SMILES string of the molecule is CCOC(=O)C1=C[C@@H]2C(=O)N(c3ccccc3)C(=O)[C@@H]2[C@H]1c1ccc(Cl)cc1Cl. The summed E-state index contributed by atoms with van der Waals surface area (Å²) >= 11 is 12.4. The molecule has 0 N–H and O–H groups in total. The van der Waals surface area contributed by atoms with Gasteiger partial charge < -0.3 is 4.74 Å². The number of imide groups is 1. The fourth-order valence-corrected chi connectivity index (χ4v) is 4.61. The number of anilines is 1. The Balaban J connectivity index is 1.82. The lowest BCUT2D eigenvalue weighted by Gasteiger charge is -2.23. The molecule has 0 bridgehead atoms. The maximum atomic E-state index is 13.3. The van der Waals surface area contributed by atoms with Gasteiger partial charge in [-0.05, 0) is 36.8 Å². The van der Waals surface area contributed by atoms with Crippen molar-refractivity contribution in [2.45, 2.75) is 12.8 Å². The summed E-state index contributed by atoms with van der Waals surface area (Å²) in [5.74, 6) is -3.48. The number of esters is 1. The van der Waals surface area contributed by atoms with Gasteiger partial charge in [-0.15, -0.1) is 0 Å². The number of nitrogens with zero attached hydrogens (tertiary/aromatic N) is 1. The molecule has 1 saturated heterocycles. The Bertz CT molecular complexity index is 1030. The molecular formula is C22H17Cl2NO4. The molecule has 2 amide bonds. The van der Waals surface area contributed by atoms with Crippen molar-refractivity contribution in [1.29, 1.82) is 0 Å². The summed E-state index contributed by atoms with van der Waals surface area (Å²) in [4.78, 5) is 40.2. The van der Waals surface area contributed by atoms with E-state index in [1.54, 1.807) is 55.5 Å². The Kier molecular flexibility index (Phi) is 5.19. The minimum Gasteiger partial charge on any atom is -0.463 e. The molecule has 3 atom stereocenters. The second-order valence-corrected chi connectivity index (χ2v) is 7.73. The largest absolute Gasteiger partial charge is 0.463 e. The molecule has 4 rings (SSSR count). The van der Waals surface area contributed by atoms with Crippen LogP contribution in [0.2, 0.25) is 10.0 Å². The van der Waals surface area contributed by atoms with E-state index in [1.807, 2.05) is 6.07 Å². The smallest absolute Gasteiger partial charge is 0.334 e. The standard InChI is InChI=1S/C22H17Cl2NO4/c1-2-29-22(28)16-11-15-19(18(16)14-9-8-12(23)10-17(14)24)21(27)25(20(15)26)13-6-4-3-5-7-13/h3-11,15,18-19H,2H2,1H3/t15-,18-,19-/m0/s1. The number of rotatable bonds is 4. The lowest BCUT2D eigenvalue weighted by molar-refractivity contribution is -0.138. The van der Waals surface area contributed by atoms with Gasteiger partial charge >= 0.3 is 5.97 Å². The average Bonchev–Trinajstić information content (AvgIpc) is 3.19. The van der Waals surface area contributed by atoms with Crippen LogP contribution in [0.5, 0.6) is 0 Å². The predicted molar refractivity (Wildman–Crippen MR) is 110 cm³/mol. The van der Waals surface area contributed by atoms with Crippen molar-refractivity contribution in [2.75, 3.05) is 11.5 Å². The van der Waals surface area contributed by atoms with Crippen molar-refractivity contribution in [1.82, 2.24) is 0 Å². The van der Waals surface area contributed by atoms with Crippen LogP contribution in [0.4, 0.5) is 5.69 Å². The molecule has 2 aromatic rings. The number of halogens is 2. The molecule has 2 aliphatic rings. The second kappa shape index (κ2) is 7.65. The van der Waals surface area contributed by atoms with Crippen LogP contribution in [-0.2, 0) is 19.1 Å². The van der Waals surface area contributed by atoms with Crippen molar-refractivity contribution in [3.63, 3.8) is 0 Å². The molecule has 5 nitrogen and oxygen atoms in total. The number of fused-ring (bicyclic) bond motifs is 1. The van der Waals surface area contributed by atoms with E-state index >= 15 is 0 Å². The molecule has 0 unspecified atom stereocenters. The molecule has 1 fully saturated rings. The normalized spacial score (nSPS) is 23.2. The minimum absolute atomic E-state index is 0.185.